The average Bonchev–Trinajstić information content (AvgIpc) is 2.92. The molecule has 1 aliphatic heterocycles. The van der Waals surface area contributed by atoms with Gasteiger partial charge in [0.25, 0.3) is 0 Å². The number of nitriles is 1. The first-order valence-corrected chi connectivity index (χ1v) is 7.24. The molecule has 23 heavy (non-hydrogen) atoms. The summed E-state index contributed by atoms with van der Waals surface area (Å²) >= 11 is 0. The lowest BCUT2D eigenvalue weighted by atomic mass is 9.99. The Kier molecular flexibility index (Phi) is 3.83. The molecule has 1 atom stereocenters. The van der Waals surface area contributed by atoms with Crippen molar-refractivity contribution < 1.29 is 4.79 Å². The minimum absolute atomic E-state index is 0.178. The molecule has 114 valence electrons. The second-order valence-corrected chi connectivity index (χ2v) is 5.37. The first-order chi connectivity index (χ1) is 11.1. The van der Waals surface area contributed by atoms with E-state index in [0.29, 0.717) is 5.56 Å². The van der Waals surface area contributed by atoms with Gasteiger partial charge in [0.05, 0.1) is 11.3 Å². The van der Waals surface area contributed by atoms with E-state index in [9.17, 15) is 10.1 Å². The summed E-state index contributed by atoms with van der Waals surface area (Å²) in [5.41, 5.74) is 11.7. The fraction of sp³-hybridized carbons (Fsp3) is 0.111. The number of anilines is 1. The van der Waals surface area contributed by atoms with Crippen LogP contribution in [0.2, 0.25) is 0 Å². The predicted molar refractivity (Wildman–Crippen MR) is 88.2 cm³/mol. The van der Waals surface area contributed by atoms with Crippen molar-refractivity contribution in [1.82, 2.24) is 5.43 Å². The maximum absolute atomic E-state index is 12.7. The number of nitrogens with zero attached hydrogens (tertiary/aromatic N) is 2. The molecule has 1 heterocycles. The minimum Gasteiger partial charge on any atom is -0.383 e. The molecule has 0 radical (unpaired) electrons. The number of aryl methyl sites for hydroxylation is 1. The van der Waals surface area contributed by atoms with Crippen LogP contribution in [0.25, 0.3) is 0 Å². The van der Waals surface area contributed by atoms with Crippen LogP contribution >= 0.6 is 0 Å². The number of hydrazine groups is 1. The first kappa shape index (κ1) is 14.8. The molecule has 0 amide bonds. The molecule has 5 heteroatoms. The van der Waals surface area contributed by atoms with E-state index in [1.54, 1.807) is 17.1 Å². The molecule has 0 fully saturated rings. The smallest absolute Gasteiger partial charge is 0.186 e. The molecule has 0 spiro atoms. The van der Waals surface area contributed by atoms with E-state index < -0.39 is 6.04 Å². The Labute approximate surface area is 134 Å². The summed E-state index contributed by atoms with van der Waals surface area (Å²) in [5.74, 6) is 0.0760. The van der Waals surface area contributed by atoms with E-state index in [1.165, 1.54) is 0 Å². The number of rotatable bonds is 3. The molecule has 0 aliphatic carbocycles. The Morgan fingerprint density at radius 1 is 1.17 bits per heavy atom. The van der Waals surface area contributed by atoms with Crippen molar-refractivity contribution in [3.05, 3.63) is 77.1 Å². The Bertz CT molecular complexity index is 803. The van der Waals surface area contributed by atoms with E-state index in [1.807, 2.05) is 49.4 Å². The Morgan fingerprint density at radius 2 is 1.83 bits per heavy atom. The number of benzene rings is 2. The van der Waals surface area contributed by atoms with Crippen LogP contribution in [-0.4, -0.2) is 11.8 Å². The molecule has 5 nitrogen and oxygen atoms in total. The van der Waals surface area contributed by atoms with Gasteiger partial charge in [-0.15, -0.1) is 0 Å². The second-order valence-electron chi connectivity index (χ2n) is 5.37. The molecule has 3 rings (SSSR count). The van der Waals surface area contributed by atoms with Gasteiger partial charge in [0.15, 0.2) is 5.78 Å². The number of carbonyl (C=O) groups is 1. The summed E-state index contributed by atoms with van der Waals surface area (Å²) in [6, 6.07) is 17.9. The van der Waals surface area contributed by atoms with E-state index in [0.717, 1.165) is 11.3 Å². The molecule has 2 aromatic rings. The fourth-order valence-corrected chi connectivity index (χ4v) is 2.52. The Hall–Kier alpha value is -3.10. The van der Waals surface area contributed by atoms with Crippen molar-refractivity contribution in [2.75, 3.05) is 5.01 Å². The molecule has 0 bridgehead atoms. The van der Waals surface area contributed by atoms with E-state index in [4.69, 9.17) is 5.73 Å². The summed E-state index contributed by atoms with van der Waals surface area (Å²) in [5, 5.41) is 11.0. The van der Waals surface area contributed by atoms with Crippen LogP contribution in [0.1, 0.15) is 15.9 Å². The molecule has 1 aliphatic rings. The summed E-state index contributed by atoms with van der Waals surface area (Å²) in [4.78, 5) is 12.7. The largest absolute Gasteiger partial charge is 0.383 e. The standard InChI is InChI=1S/C18H16N4O/c1-12-7-9-13(10-8-12)17(23)16-15(11-19)18(20)22(21-16)14-5-3-2-4-6-14/h2-10,16,21H,20H2,1H3. The summed E-state index contributed by atoms with van der Waals surface area (Å²) in [6.07, 6.45) is 0. The molecule has 3 N–H and O–H groups in total. The van der Waals surface area contributed by atoms with Crippen LogP contribution in [0.4, 0.5) is 5.69 Å². The maximum Gasteiger partial charge on any atom is 0.186 e. The van der Waals surface area contributed by atoms with E-state index in [-0.39, 0.29) is 17.2 Å². The van der Waals surface area contributed by atoms with Gasteiger partial charge in [-0.2, -0.15) is 5.26 Å². The molecule has 0 aromatic heterocycles. The third kappa shape index (κ3) is 2.68. The summed E-state index contributed by atoms with van der Waals surface area (Å²) in [6.45, 7) is 1.96. The Morgan fingerprint density at radius 3 is 2.43 bits per heavy atom. The molecule has 1 unspecified atom stereocenters. The van der Waals surface area contributed by atoms with Gasteiger partial charge >= 0.3 is 0 Å². The topological polar surface area (TPSA) is 82.2 Å². The van der Waals surface area contributed by atoms with Crippen LogP contribution in [0.5, 0.6) is 0 Å². The molecule has 0 saturated carbocycles. The maximum atomic E-state index is 12.7. The number of Topliss-reactive ketones (excluding diaryl/α,β-unsaturated/α-hetero) is 1. The quantitative estimate of drug-likeness (QED) is 0.850. The highest BCUT2D eigenvalue weighted by atomic mass is 16.1. The lowest BCUT2D eigenvalue weighted by Gasteiger charge is -2.21. The van der Waals surface area contributed by atoms with Gasteiger partial charge in [-0.25, -0.2) is 5.43 Å². The van der Waals surface area contributed by atoms with Crippen molar-refractivity contribution in [3.63, 3.8) is 0 Å². The van der Waals surface area contributed by atoms with Gasteiger partial charge in [-0.1, -0.05) is 48.0 Å². The van der Waals surface area contributed by atoms with Gasteiger partial charge < -0.3 is 5.73 Å². The Balaban J connectivity index is 1.94. The zero-order chi connectivity index (χ0) is 16.4. The third-order valence-electron chi connectivity index (χ3n) is 3.80. The molecular formula is C18H16N4O. The van der Waals surface area contributed by atoms with Crippen LogP contribution < -0.4 is 16.2 Å². The summed E-state index contributed by atoms with van der Waals surface area (Å²) in [7, 11) is 0. The SMILES string of the molecule is Cc1ccc(C(=O)C2NN(c3ccccc3)C(N)=C2C#N)cc1. The first-order valence-electron chi connectivity index (χ1n) is 7.24. The van der Waals surface area contributed by atoms with Crippen molar-refractivity contribution in [2.45, 2.75) is 13.0 Å². The zero-order valence-corrected chi connectivity index (χ0v) is 12.7. The lowest BCUT2D eigenvalue weighted by Crippen LogP contribution is -2.43. The zero-order valence-electron chi connectivity index (χ0n) is 12.7. The second kappa shape index (κ2) is 5.95. The predicted octanol–water partition coefficient (Wildman–Crippen LogP) is 2.27. The molecule has 0 saturated heterocycles. The van der Waals surface area contributed by atoms with Crippen LogP contribution in [-0.2, 0) is 0 Å². The van der Waals surface area contributed by atoms with Crippen molar-refractivity contribution in [1.29, 1.82) is 5.26 Å². The molecular weight excluding hydrogens is 288 g/mol. The molecule has 2 aromatic carbocycles. The van der Waals surface area contributed by atoms with Crippen LogP contribution in [0.3, 0.4) is 0 Å². The minimum atomic E-state index is -0.775. The van der Waals surface area contributed by atoms with Crippen molar-refractivity contribution >= 4 is 11.5 Å². The number of para-hydroxylation sites is 1. The summed E-state index contributed by atoms with van der Waals surface area (Å²) < 4.78 is 0. The number of ketones is 1. The normalized spacial score (nSPS) is 17.2. The van der Waals surface area contributed by atoms with Gasteiger partial charge in [-0.3, -0.25) is 9.80 Å². The highest BCUT2D eigenvalue weighted by molar-refractivity contribution is 6.03. The number of hydrogen-bond donors (Lipinski definition) is 2. The van der Waals surface area contributed by atoms with E-state index >= 15 is 0 Å². The number of carbonyl (C=O) groups excluding carboxylic acids is 1. The van der Waals surface area contributed by atoms with Crippen molar-refractivity contribution in [3.8, 4) is 6.07 Å². The number of nitrogens with one attached hydrogen (secondary N) is 1. The average molecular weight is 304 g/mol. The van der Waals surface area contributed by atoms with Crippen LogP contribution in [0, 0.1) is 18.3 Å². The number of hydrogen-bond acceptors (Lipinski definition) is 5. The van der Waals surface area contributed by atoms with E-state index in [2.05, 4.69) is 11.5 Å². The monoisotopic (exact) mass is 304 g/mol. The third-order valence-corrected chi connectivity index (χ3v) is 3.80. The highest BCUT2D eigenvalue weighted by Gasteiger charge is 2.36. The van der Waals surface area contributed by atoms with Gasteiger partial charge in [0.1, 0.15) is 17.9 Å². The van der Waals surface area contributed by atoms with Crippen molar-refractivity contribution in [2.24, 2.45) is 5.73 Å². The highest BCUT2D eigenvalue weighted by Crippen LogP contribution is 2.25. The van der Waals surface area contributed by atoms with Gasteiger partial charge in [0.2, 0.25) is 0 Å². The van der Waals surface area contributed by atoms with Crippen LogP contribution in [0.15, 0.2) is 66.0 Å². The van der Waals surface area contributed by atoms with Gasteiger partial charge in [0, 0.05) is 5.56 Å². The number of nitrogens with two attached hydrogens (primary N) is 1. The lowest BCUT2D eigenvalue weighted by molar-refractivity contribution is 0.0964. The fourth-order valence-electron chi connectivity index (χ4n) is 2.52. The van der Waals surface area contributed by atoms with Gasteiger partial charge in [-0.05, 0) is 19.1 Å².